The molecule has 0 radical (unpaired) electrons. The number of unbranched alkanes of at least 4 members (excludes halogenated alkanes) is 2. The molecule has 0 spiro atoms. The Morgan fingerprint density at radius 2 is 2.21 bits per heavy atom. The molecule has 0 amide bonds. The van der Waals surface area contributed by atoms with Crippen LogP contribution in [0.5, 0.6) is 0 Å². The van der Waals surface area contributed by atoms with E-state index >= 15 is 0 Å². The average molecular weight is 434 g/mol. The van der Waals surface area contributed by atoms with Crippen molar-refractivity contribution < 1.29 is 4.79 Å². The maximum absolute atomic E-state index is 12.3. The van der Waals surface area contributed by atoms with E-state index in [0.717, 1.165) is 28.4 Å². The first-order chi connectivity index (χ1) is 9.04. The zero-order chi connectivity index (χ0) is 14.3. The first-order valence-electron chi connectivity index (χ1n) is 6.27. The molecule has 1 aromatic rings. The van der Waals surface area contributed by atoms with Crippen molar-refractivity contribution in [3.05, 3.63) is 33.4 Å². The average Bonchev–Trinajstić information content (AvgIpc) is 2.42. The van der Waals surface area contributed by atoms with E-state index in [9.17, 15) is 4.79 Å². The van der Waals surface area contributed by atoms with Gasteiger partial charge in [0.25, 0.3) is 0 Å². The number of carbonyl (C=O) groups excluding carboxylic acids is 1. The van der Waals surface area contributed by atoms with Gasteiger partial charge in [-0.2, -0.15) is 5.26 Å². The highest BCUT2D eigenvalue weighted by atomic mass is 127. The summed E-state index contributed by atoms with van der Waals surface area (Å²) in [5, 5.41) is 8.95. The van der Waals surface area contributed by atoms with Crippen LogP contribution in [0.25, 0.3) is 0 Å². The van der Waals surface area contributed by atoms with Gasteiger partial charge in [-0.3, -0.25) is 4.79 Å². The molecule has 1 unspecified atom stereocenters. The van der Waals surface area contributed by atoms with E-state index in [1.54, 1.807) is 0 Å². The number of nitriles is 1. The number of alkyl halides is 1. The number of ketones is 1. The molecule has 1 atom stereocenters. The maximum atomic E-state index is 12.3. The summed E-state index contributed by atoms with van der Waals surface area (Å²) in [5.41, 5.74) is 0.612. The third-order valence-electron chi connectivity index (χ3n) is 3.41. The third-order valence-corrected chi connectivity index (χ3v) is 4.59. The largest absolute Gasteiger partial charge is 0.298 e. The molecule has 0 aliphatic heterocycles. The van der Waals surface area contributed by atoms with Crippen molar-refractivity contribution in [3.8, 4) is 6.07 Å². The molecule has 0 bridgehead atoms. The van der Waals surface area contributed by atoms with Crippen molar-refractivity contribution in [3.63, 3.8) is 0 Å². The minimum absolute atomic E-state index is 0.200. The molecule has 0 aliphatic carbocycles. The second-order valence-electron chi connectivity index (χ2n) is 4.76. The summed E-state index contributed by atoms with van der Waals surface area (Å²) in [5.74, 6) is 0.200. The summed E-state index contributed by atoms with van der Waals surface area (Å²) >= 11 is 5.55. The number of rotatable bonds is 7. The molecule has 0 aromatic heterocycles. The molecule has 1 rings (SSSR count). The quantitative estimate of drug-likeness (QED) is 0.358. The van der Waals surface area contributed by atoms with Crippen LogP contribution in [0.4, 0.5) is 0 Å². The van der Waals surface area contributed by atoms with Gasteiger partial charge in [0.05, 0.1) is 16.8 Å². The number of Topliss-reactive ketones (excluding diaryl/α,β-unsaturated/α-hetero) is 1. The fraction of sp³-hybridized carbons (Fsp3) is 0.467. The van der Waals surface area contributed by atoms with Crippen LogP contribution >= 0.6 is 38.5 Å². The third kappa shape index (κ3) is 4.57. The lowest BCUT2D eigenvalue weighted by Crippen LogP contribution is -2.33. The van der Waals surface area contributed by atoms with Crippen molar-refractivity contribution in [1.82, 2.24) is 0 Å². The molecule has 4 heteroatoms. The van der Waals surface area contributed by atoms with Crippen molar-refractivity contribution in [2.75, 3.05) is 5.33 Å². The molecular weight excluding hydrogens is 417 g/mol. The Morgan fingerprint density at radius 1 is 1.47 bits per heavy atom. The highest BCUT2D eigenvalue weighted by Gasteiger charge is 2.33. The highest BCUT2D eigenvalue weighted by molar-refractivity contribution is 14.1. The van der Waals surface area contributed by atoms with E-state index in [1.165, 1.54) is 0 Å². The van der Waals surface area contributed by atoms with Gasteiger partial charge in [-0.15, -0.1) is 0 Å². The van der Waals surface area contributed by atoms with Crippen LogP contribution in [0.1, 0.15) is 38.2 Å². The van der Waals surface area contributed by atoms with Gasteiger partial charge in [-0.25, -0.2) is 0 Å². The highest BCUT2D eigenvalue weighted by Crippen LogP contribution is 2.32. The maximum Gasteiger partial charge on any atom is 0.153 e. The second kappa shape index (κ2) is 8.01. The predicted octanol–water partition coefficient (Wildman–Crippen LogP) is 4.60. The first kappa shape index (κ1) is 16.6. The van der Waals surface area contributed by atoms with E-state index < -0.39 is 5.41 Å². The van der Waals surface area contributed by atoms with Crippen LogP contribution in [-0.4, -0.2) is 11.1 Å². The van der Waals surface area contributed by atoms with Crippen LogP contribution in [-0.2, 0) is 10.2 Å². The molecule has 0 fully saturated rings. The zero-order valence-electron chi connectivity index (χ0n) is 11.0. The van der Waals surface area contributed by atoms with Crippen molar-refractivity contribution in [2.24, 2.45) is 0 Å². The van der Waals surface area contributed by atoms with Gasteiger partial charge >= 0.3 is 0 Å². The minimum atomic E-state index is -0.458. The standard InChI is InChI=1S/C15H17BrINO/c1-15(14(19)11-16,8-3-2-4-9-18)12-6-5-7-13(17)10-12/h5-7,10H,2-4,8,11H2,1H3. The fourth-order valence-electron chi connectivity index (χ4n) is 2.11. The normalized spacial score (nSPS) is 13.6. The van der Waals surface area contributed by atoms with Gasteiger partial charge in [0.15, 0.2) is 5.78 Å². The molecular formula is C15H17BrINO. The fourth-order valence-corrected chi connectivity index (χ4v) is 3.27. The molecule has 102 valence electrons. The van der Waals surface area contributed by atoms with Crippen LogP contribution < -0.4 is 0 Å². The lowest BCUT2D eigenvalue weighted by Gasteiger charge is -2.28. The SMILES string of the molecule is CC(CCCCC#N)(C(=O)CBr)c1cccc(I)c1. The van der Waals surface area contributed by atoms with Gasteiger partial charge in [-0.05, 0) is 60.1 Å². The lowest BCUT2D eigenvalue weighted by atomic mass is 9.75. The Kier molecular flexibility index (Phi) is 7.01. The molecule has 19 heavy (non-hydrogen) atoms. The van der Waals surface area contributed by atoms with Crippen molar-refractivity contribution in [2.45, 2.75) is 38.0 Å². The Bertz CT molecular complexity index is 483. The molecule has 0 saturated heterocycles. The van der Waals surface area contributed by atoms with E-state index in [0.29, 0.717) is 11.8 Å². The Hall–Kier alpha value is -0.410. The number of benzene rings is 1. The van der Waals surface area contributed by atoms with Crippen LogP contribution in [0, 0.1) is 14.9 Å². The predicted molar refractivity (Wildman–Crippen MR) is 89.4 cm³/mol. The van der Waals surface area contributed by atoms with Crippen molar-refractivity contribution in [1.29, 1.82) is 5.26 Å². The number of hydrogen-bond acceptors (Lipinski definition) is 2. The monoisotopic (exact) mass is 433 g/mol. The van der Waals surface area contributed by atoms with Gasteiger partial charge in [0, 0.05) is 9.99 Å². The van der Waals surface area contributed by atoms with Crippen LogP contribution in [0.15, 0.2) is 24.3 Å². The van der Waals surface area contributed by atoms with E-state index in [4.69, 9.17) is 5.26 Å². The molecule has 1 aromatic carbocycles. The van der Waals surface area contributed by atoms with Gasteiger partial charge < -0.3 is 0 Å². The van der Waals surface area contributed by atoms with Gasteiger partial charge in [-0.1, -0.05) is 34.5 Å². The van der Waals surface area contributed by atoms with E-state index in [-0.39, 0.29) is 5.78 Å². The summed E-state index contributed by atoms with van der Waals surface area (Å²) in [6, 6.07) is 10.3. The summed E-state index contributed by atoms with van der Waals surface area (Å²) in [6.45, 7) is 2.01. The second-order valence-corrected chi connectivity index (χ2v) is 6.57. The summed E-state index contributed by atoms with van der Waals surface area (Å²) in [6.07, 6.45) is 3.10. The van der Waals surface area contributed by atoms with Gasteiger partial charge in [0.2, 0.25) is 0 Å². The smallest absolute Gasteiger partial charge is 0.153 e. The lowest BCUT2D eigenvalue weighted by molar-refractivity contribution is -0.121. The zero-order valence-corrected chi connectivity index (χ0v) is 14.7. The summed E-state index contributed by atoms with van der Waals surface area (Å²) in [4.78, 5) is 12.3. The summed E-state index contributed by atoms with van der Waals surface area (Å²) < 4.78 is 1.14. The number of hydrogen-bond donors (Lipinski definition) is 0. The first-order valence-corrected chi connectivity index (χ1v) is 8.47. The Balaban J connectivity index is 2.93. The Labute approximate surface area is 136 Å². The number of halogens is 2. The molecule has 0 N–H and O–H groups in total. The van der Waals surface area contributed by atoms with E-state index in [1.807, 2.05) is 25.1 Å². The van der Waals surface area contributed by atoms with Crippen LogP contribution in [0.3, 0.4) is 0 Å². The number of nitrogens with zero attached hydrogens (tertiary/aromatic N) is 1. The topological polar surface area (TPSA) is 40.9 Å². The van der Waals surface area contributed by atoms with E-state index in [2.05, 4.69) is 50.7 Å². The minimum Gasteiger partial charge on any atom is -0.298 e. The molecule has 0 heterocycles. The number of carbonyl (C=O) groups is 1. The summed E-state index contributed by atoms with van der Waals surface area (Å²) in [7, 11) is 0. The van der Waals surface area contributed by atoms with Crippen LogP contribution in [0.2, 0.25) is 0 Å². The van der Waals surface area contributed by atoms with Gasteiger partial charge in [0.1, 0.15) is 0 Å². The van der Waals surface area contributed by atoms with Crippen molar-refractivity contribution >= 4 is 44.3 Å². The molecule has 0 aliphatic rings. The Morgan fingerprint density at radius 3 is 2.79 bits per heavy atom. The molecule has 2 nitrogen and oxygen atoms in total. The molecule has 0 saturated carbocycles.